The summed E-state index contributed by atoms with van der Waals surface area (Å²) >= 11 is 0. The van der Waals surface area contributed by atoms with Crippen LogP contribution in [0.5, 0.6) is 0 Å². The fraction of sp³-hybridized carbons (Fsp3) is 0.500. The lowest BCUT2D eigenvalue weighted by atomic mass is 10.1. The minimum absolute atomic E-state index is 0.182. The Bertz CT molecular complexity index is 492. The third-order valence-electron chi connectivity index (χ3n) is 3.51. The minimum atomic E-state index is 0.182. The Morgan fingerprint density at radius 3 is 3.22 bits per heavy atom. The molecule has 0 aliphatic carbocycles. The first-order valence-corrected chi connectivity index (χ1v) is 6.20. The first kappa shape index (κ1) is 11.4. The molecule has 0 amide bonds. The van der Waals surface area contributed by atoms with Gasteiger partial charge in [-0.2, -0.15) is 10.2 Å². The molecule has 6 nitrogen and oxygen atoms in total. The number of aromatic amines is 1. The number of aromatic nitrogens is 4. The predicted molar refractivity (Wildman–Crippen MR) is 65.6 cm³/mol. The topological polar surface area (TPSA) is 70.0 Å². The molecule has 0 saturated carbocycles. The van der Waals surface area contributed by atoms with E-state index in [0.717, 1.165) is 31.6 Å². The molecule has 2 aromatic rings. The van der Waals surface area contributed by atoms with Crippen LogP contribution in [0.3, 0.4) is 0 Å². The third kappa shape index (κ3) is 2.16. The van der Waals surface area contributed by atoms with Gasteiger partial charge in [-0.25, -0.2) is 0 Å². The molecule has 3 rings (SSSR count). The summed E-state index contributed by atoms with van der Waals surface area (Å²) in [5.41, 5.74) is 2.34. The molecule has 0 aromatic carbocycles. The van der Waals surface area contributed by atoms with Crippen LogP contribution in [-0.2, 0) is 19.6 Å². The van der Waals surface area contributed by atoms with E-state index in [2.05, 4.69) is 20.2 Å². The number of fused-ring (bicyclic) bond motifs is 1. The Kier molecular flexibility index (Phi) is 3.12. The molecule has 96 valence electrons. The molecule has 1 atom stereocenters. The molecule has 6 heteroatoms. The lowest BCUT2D eigenvalue weighted by Gasteiger charge is -2.27. The van der Waals surface area contributed by atoms with Gasteiger partial charge in [0.25, 0.3) is 0 Å². The normalized spacial score (nSPS) is 20.6. The maximum atomic E-state index is 9.54. The summed E-state index contributed by atoms with van der Waals surface area (Å²) in [5, 5.41) is 20.6. The van der Waals surface area contributed by atoms with Crippen molar-refractivity contribution in [1.82, 2.24) is 24.9 Å². The van der Waals surface area contributed by atoms with Crippen molar-refractivity contribution >= 4 is 0 Å². The van der Waals surface area contributed by atoms with Gasteiger partial charge in [0.15, 0.2) is 0 Å². The number of rotatable bonds is 3. The molecule has 2 aromatic heterocycles. The van der Waals surface area contributed by atoms with E-state index < -0.39 is 0 Å². The van der Waals surface area contributed by atoms with E-state index >= 15 is 0 Å². The van der Waals surface area contributed by atoms with E-state index in [0.29, 0.717) is 0 Å². The van der Waals surface area contributed by atoms with Gasteiger partial charge in [0.1, 0.15) is 0 Å². The molecule has 1 aliphatic rings. The largest absolute Gasteiger partial charge is 0.395 e. The van der Waals surface area contributed by atoms with Crippen molar-refractivity contribution in [2.45, 2.75) is 32.1 Å². The molecule has 0 bridgehead atoms. The number of hydrogen-bond donors (Lipinski definition) is 2. The lowest BCUT2D eigenvalue weighted by molar-refractivity contribution is 0.108. The highest BCUT2D eigenvalue weighted by atomic mass is 16.3. The van der Waals surface area contributed by atoms with Crippen LogP contribution in [0.4, 0.5) is 0 Å². The second kappa shape index (κ2) is 4.91. The van der Waals surface area contributed by atoms with Crippen LogP contribution >= 0.6 is 0 Å². The summed E-state index contributed by atoms with van der Waals surface area (Å²) in [6, 6.07) is 2.23. The van der Waals surface area contributed by atoms with E-state index in [-0.39, 0.29) is 12.6 Å². The second-order valence-corrected chi connectivity index (χ2v) is 4.68. The van der Waals surface area contributed by atoms with Gasteiger partial charge < -0.3 is 5.11 Å². The SMILES string of the molecule is OC[C@@H]1CCn2nccc2CN1Cc1cn[nH]c1. The molecule has 0 unspecified atom stereocenters. The van der Waals surface area contributed by atoms with Crippen LogP contribution in [0.25, 0.3) is 0 Å². The van der Waals surface area contributed by atoms with E-state index in [1.165, 1.54) is 5.69 Å². The first-order chi connectivity index (χ1) is 8.86. The number of aryl methyl sites for hydroxylation is 1. The monoisotopic (exact) mass is 247 g/mol. The van der Waals surface area contributed by atoms with Crippen molar-refractivity contribution in [3.63, 3.8) is 0 Å². The second-order valence-electron chi connectivity index (χ2n) is 4.68. The minimum Gasteiger partial charge on any atom is -0.395 e. The quantitative estimate of drug-likeness (QED) is 0.822. The van der Waals surface area contributed by atoms with Crippen molar-refractivity contribution < 1.29 is 5.11 Å². The number of H-pyrrole nitrogens is 1. The molecule has 0 spiro atoms. The number of aliphatic hydroxyl groups excluding tert-OH is 1. The van der Waals surface area contributed by atoms with Gasteiger partial charge in [-0.15, -0.1) is 0 Å². The van der Waals surface area contributed by atoms with Crippen molar-refractivity contribution in [1.29, 1.82) is 0 Å². The molecule has 18 heavy (non-hydrogen) atoms. The Labute approximate surface area is 105 Å². The summed E-state index contributed by atoms with van der Waals surface area (Å²) in [4.78, 5) is 2.28. The smallest absolute Gasteiger partial charge is 0.0587 e. The summed E-state index contributed by atoms with van der Waals surface area (Å²) in [6.07, 6.45) is 6.49. The highest BCUT2D eigenvalue weighted by Crippen LogP contribution is 2.19. The van der Waals surface area contributed by atoms with E-state index in [1.54, 1.807) is 0 Å². The molecule has 1 aliphatic heterocycles. The zero-order valence-electron chi connectivity index (χ0n) is 10.2. The molecule has 0 radical (unpaired) electrons. The van der Waals surface area contributed by atoms with Gasteiger partial charge in [-0.05, 0) is 12.5 Å². The van der Waals surface area contributed by atoms with Gasteiger partial charge in [0.2, 0.25) is 0 Å². The fourth-order valence-corrected chi connectivity index (χ4v) is 2.48. The van der Waals surface area contributed by atoms with Crippen LogP contribution < -0.4 is 0 Å². The first-order valence-electron chi connectivity index (χ1n) is 6.20. The molecule has 0 fully saturated rings. The number of nitrogens with one attached hydrogen (secondary N) is 1. The molecular formula is C12H17N5O. The third-order valence-corrected chi connectivity index (χ3v) is 3.51. The van der Waals surface area contributed by atoms with Crippen molar-refractivity contribution in [2.24, 2.45) is 0 Å². The lowest BCUT2D eigenvalue weighted by Crippen LogP contribution is -2.36. The Hall–Kier alpha value is -1.66. The van der Waals surface area contributed by atoms with Crippen LogP contribution in [0, 0.1) is 0 Å². The summed E-state index contributed by atoms with van der Waals surface area (Å²) < 4.78 is 2.03. The average molecular weight is 247 g/mol. The number of aliphatic hydroxyl groups is 1. The Morgan fingerprint density at radius 1 is 1.50 bits per heavy atom. The molecule has 2 N–H and O–H groups in total. The summed E-state index contributed by atoms with van der Waals surface area (Å²) in [5.74, 6) is 0. The zero-order chi connectivity index (χ0) is 12.4. The van der Waals surface area contributed by atoms with Gasteiger partial charge in [0, 0.05) is 43.6 Å². The van der Waals surface area contributed by atoms with Gasteiger partial charge in [-0.1, -0.05) is 0 Å². The fourth-order valence-electron chi connectivity index (χ4n) is 2.48. The van der Waals surface area contributed by atoms with E-state index in [4.69, 9.17) is 0 Å². The van der Waals surface area contributed by atoms with Crippen LogP contribution in [0.1, 0.15) is 17.7 Å². The highest BCUT2D eigenvalue weighted by molar-refractivity contribution is 5.06. The van der Waals surface area contributed by atoms with Crippen LogP contribution in [0.15, 0.2) is 24.7 Å². The van der Waals surface area contributed by atoms with Gasteiger partial charge >= 0.3 is 0 Å². The van der Waals surface area contributed by atoms with E-state index in [1.807, 2.05) is 29.3 Å². The average Bonchev–Trinajstić information content (AvgIpc) is 3.00. The Balaban J connectivity index is 1.80. The molecular weight excluding hydrogens is 230 g/mol. The van der Waals surface area contributed by atoms with Gasteiger partial charge in [0.05, 0.1) is 18.5 Å². The van der Waals surface area contributed by atoms with Crippen molar-refractivity contribution in [3.8, 4) is 0 Å². The predicted octanol–water partition coefficient (Wildman–Crippen LogP) is 0.373. The maximum Gasteiger partial charge on any atom is 0.0587 e. The Morgan fingerprint density at radius 2 is 2.44 bits per heavy atom. The summed E-state index contributed by atoms with van der Waals surface area (Å²) in [7, 11) is 0. The van der Waals surface area contributed by atoms with E-state index in [9.17, 15) is 5.11 Å². The molecule has 0 saturated heterocycles. The maximum absolute atomic E-state index is 9.54. The number of nitrogens with zero attached hydrogens (tertiary/aromatic N) is 4. The summed E-state index contributed by atoms with van der Waals surface area (Å²) in [6.45, 7) is 2.67. The number of hydrogen-bond acceptors (Lipinski definition) is 4. The highest BCUT2D eigenvalue weighted by Gasteiger charge is 2.23. The van der Waals surface area contributed by atoms with Crippen LogP contribution in [-0.4, -0.2) is 42.6 Å². The van der Waals surface area contributed by atoms with Gasteiger partial charge in [-0.3, -0.25) is 14.7 Å². The zero-order valence-corrected chi connectivity index (χ0v) is 10.2. The molecule has 3 heterocycles. The standard InChI is InChI=1S/C12H17N5O/c18-9-12-2-4-17-11(1-3-15-17)8-16(12)7-10-5-13-14-6-10/h1,3,5-6,12,18H,2,4,7-9H2,(H,13,14)/t12-/m0/s1. The van der Waals surface area contributed by atoms with Crippen molar-refractivity contribution in [3.05, 3.63) is 35.9 Å². The van der Waals surface area contributed by atoms with Crippen molar-refractivity contribution in [2.75, 3.05) is 6.61 Å². The van der Waals surface area contributed by atoms with Crippen LogP contribution in [0.2, 0.25) is 0 Å².